The van der Waals surface area contributed by atoms with Gasteiger partial charge in [-0.25, -0.2) is 0 Å². The third-order valence-electron chi connectivity index (χ3n) is 2.21. The second-order valence-corrected chi connectivity index (χ2v) is 3.47. The molecule has 1 aliphatic heterocycles. The van der Waals surface area contributed by atoms with Gasteiger partial charge in [0, 0.05) is 11.4 Å². The van der Waals surface area contributed by atoms with Gasteiger partial charge in [0.1, 0.15) is 0 Å². The number of nitrogens with zero attached hydrogens (tertiary/aromatic N) is 2. The minimum absolute atomic E-state index is 0.0314. The Morgan fingerprint density at radius 3 is 2.00 bits per heavy atom. The smallest absolute Gasteiger partial charge is 0.166 e. The van der Waals surface area contributed by atoms with Gasteiger partial charge in [-0.1, -0.05) is 24.3 Å². The van der Waals surface area contributed by atoms with E-state index in [0.29, 0.717) is 0 Å². The summed E-state index contributed by atoms with van der Waals surface area (Å²) < 4.78 is 37.7. The quantitative estimate of drug-likeness (QED) is 0.699. The lowest BCUT2D eigenvalue weighted by molar-refractivity contribution is -0.166. The Morgan fingerprint density at radius 1 is 1.13 bits per heavy atom. The average Bonchev–Trinajstić information content (AvgIpc) is 2.98. The van der Waals surface area contributed by atoms with Crippen molar-refractivity contribution in [2.75, 3.05) is 0 Å². The first-order valence-corrected chi connectivity index (χ1v) is 4.69. The molecule has 2 nitrogen and oxygen atoms in total. The zero-order valence-electron chi connectivity index (χ0n) is 7.42. The van der Waals surface area contributed by atoms with Gasteiger partial charge in [0.2, 0.25) is 0 Å². The van der Waals surface area contributed by atoms with Crippen LogP contribution in [-0.2, 0) is 11.5 Å². The lowest BCUT2D eigenvalue weighted by atomic mass is 10.0. The van der Waals surface area contributed by atoms with E-state index in [1.165, 1.54) is 12.1 Å². The molecule has 6 heteroatoms. The third kappa shape index (κ3) is 1.61. The van der Waals surface area contributed by atoms with Crippen LogP contribution in [0.4, 0.5) is 13.2 Å². The molecule has 0 radical (unpaired) electrons. The van der Waals surface area contributed by atoms with E-state index in [4.69, 9.17) is 11.6 Å². The van der Waals surface area contributed by atoms with Crippen molar-refractivity contribution < 1.29 is 13.2 Å². The molecule has 0 bridgehead atoms. The molecule has 0 atom stereocenters. The standard InChI is InChI=1S/C9H6ClF3N2/c10-5-6-1-3-7(4-2-6)8(14-15-8)9(11,12)13/h1-4H,5H2. The first kappa shape index (κ1) is 10.4. The Labute approximate surface area is 88.8 Å². The van der Waals surface area contributed by atoms with Crippen molar-refractivity contribution in [1.29, 1.82) is 0 Å². The van der Waals surface area contributed by atoms with Crippen LogP contribution in [0.3, 0.4) is 0 Å². The van der Waals surface area contributed by atoms with Crippen LogP contribution in [0.25, 0.3) is 0 Å². The summed E-state index contributed by atoms with van der Waals surface area (Å²) in [6, 6.07) is 5.79. The summed E-state index contributed by atoms with van der Waals surface area (Å²) in [4.78, 5) is 0. The highest BCUT2D eigenvalue weighted by Crippen LogP contribution is 2.52. The molecule has 0 aliphatic carbocycles. The molecule has 1 aliphatic rings. The predicted octanol–water partition coefficient (Wildman–Crippen LogP) is 3.61. The summed E-state index contributed by atoms with van der Waals surface area (Å²) in [6.45, 7) is 0. The van der Waals surface area contributed by atoms with Gasteiger partial charge < -0.3 is 0 Å². The number of halogens is 4. The largest absolute Gasteiger partial charge is 0.442 e. The first-order chi connectivity index (χ1) is 6.99. The Kier molecular flexibility index (Phi) is 2.22. The fourth-order valence-corrected chi connectivity index (χ4v) is 1.45. The van der Waals surface area contributed by atoms with Crippen molar-refractivity contribution in [2.45, 2.75) is 17.7 Å². The lowest BCUT2D eigenvalue weighted by Gasteiger charge is -2.14. The molecule has 0 amide bonds. The van der Waals surface area contributed by atoms with Crippen molar-refractivity contribution in [1.82, 2.24) is 0 Å². The van der Waals surface area contributed by atoms with Crippen LogP contribution >= 0.6 is 11.6 Å². The van der Waals surface area contributed by atoms with Gasteiger partial charge >= 0.3 is 11.8 Å². The number of benzene rings is 1. The zero-order chi connectivity index (χ0) is 11.1. The van der Waals surface area contributed by atoms with E-state index in [9.17, 15) is 13.2 Å². The van der Waals surface area contributed by atoms with Crippen molar-refractivity contribution >= 4 is 11.6 Å². The second kappa shape index (κ2) is 3.20. The number of alkyl halides is 4. The molecule has 1 heterocycles. The van der Waals surface area contributed by atoms with Crippen LogP contribution in [0.2, 0.25) is 0 Å². The van der Waals surface area contributed by atoms with Gasteiger partial charge in [0.15, 0.2) is 0 Å². The number of hydrogen-bond donors (Lipinski definition) is 0. The zero-order valence-corrected chi connectivity index (χ0v) is 8.18. The molecule has 0 aromatic heterocycles. The molecule has 80 valence electrons. The van der Waals surface area contributed by atoms with Crippen molar-refractivity contribution in [2.24, 2.45) is 10.2 Å². The molecule has 1 aromatic carbocycles. The van der Waals surface area contributed by atoms with E-state index in [1.807, 2.05) is 0 Å². The summed E-state index contributed by atoms with van der Waals surface area (Å²) in [5.41, 5.74) is -1.53. The lowest BCUT2D eigenvalue weighted by Crippen LogP contribution is -2.30. The molecule has 0 unspecified atom stereocenters. The summed E-state index contributed by atoms with van der Waals surface area (Å²) in [6.07, 6.45) is -4.46. The summed E-state index contributed by atoms with van der Waals surface area (Å²) >= 11 is 5.53. The molecule has 0 N–H and O–H groups in total. The summed E-state index contributed by atoms with van der Waals surface area (Å²) in [7, 11) is 0. The number of hydrogen-bond acceptors (Lipinski definition) is 2. The minimum Gasteiger partial charge on any atom is -0.166 e. The van der Waals surface area contributed by atoms with E-state index < -0.39 is 11.8 Å². The summed E-state index contributed by atoms with van der Waals surface area (Å²) in [5, 5.41) is 6.20. The van der Waals surface area contributed by atoms with Crippen molar-refractivity contribution in [3.8, 4) is 0 Å². The average molecular weight is 235 g/mol. The van der Waals surface area contributed by atoms with Crippen LogP contribution in [0.15, 0.2) is 34.5 Å². The topological polar surface area (TPSA) is 24.7 Å². The maximum atomic E-state index is 12.6. The maximum absolute atomic E-state index is 12.6. The van der Waals surface area contributed by atoms with Gasteiger partial charge in [0.05, 0.1) is 0 Å². The Balaban J connectivity index is 2.31. The van der Waals surface area contributed by atoms with Gasteiger partial charge in [-0.15, -0.1) is 21.8 Å². The molecule has 1 aromatic rings. The van der Waals surface area contributed by atoms with Crippen LogP contribution in [0.5, 0.6) is 0 Å². The molecule has 0 saturated heterocycles. The van der Waals surface area contributed by atoms with E-state index in [2.05, 4.69) is 10.2 Å². The molecule has 0 saturated carbocycles. The molecular formula is C9H6ClF3N2. The highest BCUT2D eigenvalue weighted by atomic mass is 35.5. The van der Waals surface area contributed by atoms with Crippen LogP contribution in [0, 0.1) is 0 Å². The SMILES string of the molecule is FC(F)(F)C1(c2ccc(CCl)cc2)N=N1. The van der Waals surface area contributed by atoms with Crippen molar-refractivity contribution in [3.05, 3.63) is 35.4 Å². The van der Waals surface area contributed by atoms with E-state index in [1.54, 1.807) is 12.1 Å². The molecule has 0 fully saturated rings. The van der Waals surface area contributed by atoms with Gasteiger partial charge in [-0.2, -0.15) is 13.2 Å². The van der Waals surface area contributed by atoms with Crippen LogP contribution in [-0.4, -0.2) is 6.18 Å². The third-order valence-corrected chi connectivity index (χ3v) is 2.51. The Bertz CT molecular complexity index is 391. The Morgan fingerprint density at radius 2 is 1.67 bits per heavy atom. The maximum Gasteiger partial charge on any atom is 0.442 e. The van der Waals surface area contributed by atoms with Crippen LogP contribution in [0.1, 0.15) is 11.1 Å². The minimum atomic E-state index is -4.46. The molecule has 15 heavy (non-hydrogen) atoms. The predicted molar refractivity (Wildman–Crippen MR) is 48.6 cm³/mol. The number of rotatable bonds is 2. The molecule has 2 rings (SSSR count). The molecule has 0 spiro atoms. The fourth-order valence-electron chi connectivity index (χ4n) is 1.27. The Hall–Kier alpha value is -1.10. The highest BCUT2D eigenvalue weighted by molar-refractivity contribution is 6.17. The van der Waals surface area contributed by atoms with Gasteiger partial charge in [0.25, 0.3) is 0 Å². The summed E-state index contributed by atoms with van der Waals surface area (Å²) in [5.74, 6) is 0.271. The first-order valence-electron chi connectivity index (χ1n) is 4.16. The van der Waals surface area contributed by atoms with Gasteiger partial charge in [-0.05, 0) is 5.56 Å². The molecular weight excluding hydrogens is 229 g/mol. The highest BCUT2D eigenvalue weighted by Gasteiger charge is 2.65. The monoisotopic (exact) mass is 234 g/mol. The van der Waals surface area contributed by atoms with Crippen LogP contribution < -0.4 is 0 Å². The van der Waals surface area contributed by atoms with Crippen molar-refractivity contribution in [3.63, 3.8) is 0 Å². The van der Waals surface area contributed by atoms with Gasteiger partial charge in [-0.3, -0.25) is 0 Å². The second-order valence-electron chi connectivity index (χ2n) is 3.20. The van der Waals surface area contributed by atoms with E-state index in [0.717, 1.165) is 5.56 Å². The van der Waals surface area contributed by atoms with E-state index in [-0.39, 0.29) is 11.4 Å². The van der Waals surface area contributed by atoms with E-state index >= 15 is 0 Å². The normalized spacial score (nSPS) is 17.9. The fraction of sp³-hybridized carbons (Fsp3) is 0.333.